The first kappa shape index (κ1) is 39.9. The largest absolute Gasteiger partial charge is 0.492 e. The lowest BCUT2D eigenvalue weighted by Gasteiger charge is -2.42. The lowest BCUT2D eigenvalue weighted by molar-refractivity contribution is -0.130. The summed E-state index contributed by atoms with van der Waals surface area (Å²) >= 11 is 7.32. The van der Waals surface area contributed by atoms with Crippen LogP contribution >= 0.6 is 31.9 Å². The Kier molecular flexibility index (Phi) is 17.1. The first-order chi connectivity index (χ1) is 22.4. The van der Waals surface area contributed by atoms with Gasteiger partial charge in [-0.05, 0) is 105 Å². The summed E-state index contributed by atoms with van der Waals surface area (Å²) in [6.07, 6.45) is 4.50. The fourth-order valence-corrected chi connectivity index (χ4v) is 6.49. The number of halogens is 2. The van der Waals surface area contributed by atoms with Crippen LogP contribution in [0.25, 0.3) is 0 Å². The molecule has 0 amide bonds. The molecule has 2 rings (SSSR count). The van der Waals surface area contributed by atoms with Crippen LogP contribution in [0.2, 0.25) is 0 Å². The molecule has 10 nitrogen and oxygen atoms in total. The van der Waals surface area contributed by atoms with E-state index in [1.165, 1.54) is 12.4 Å². The van der Waals surface area contributed by atoms with E-state index >= 15 is 0 Å². The summed E-state index contributed by atoms with van der Waals surface area (Å²) in [7, 11) is 0. The van der Waals surface area contributed by atoms with Crippen LogP contribution in [0.5, 0.6) is 11.5 Å². The Morgan fingerprint density at radius 2 is 1.23 bits per heavy atom. The van der Waals surface area contributed by atoms with Crippen molar-refractivity contribution >= 4 is 55.2 Å². The topological polar surface area (TPSA) is 158 Å². The number of benzene rings is 2. The summed E-state index contributed by atoms with van der Waals surface area (Å²) in [5.74, 6) is -1.40. The number of carbonyl (C=O) groups is 2. The SMILES string of the molecule is C=CN=C(CCC(CCC(=NC=C)C(=O)O)C(C)C(C)(c1ccc(OCCCO)c(Br)c1)c1ccc(OCCCO)c(Br)c1)C(=O)O. The molecule has 0 heterocycles. The number of aliphatic imine (C=N–C) groups is 2. The van der Waals surface area contributed by atoms with Gasteiger partial charge in [0.25, 0.3) is 0 Å². The van der Waals surface area contributed by atoms with Crippen LogP contribution in [0.1, 0.15) is 63.5 Å². The van der Waals surface area contributed by atoms with E-state index in [-0.39, 0.29) is 49.3 Å². The van der Waals surface area contributed by atoms with Gasteiger partial charge in [0.2, 0.25) is 0 Å². The number of nitrogens with zero attached hydrogens (tertiary/aromatic N) is 2. The summed E-state index contributed by atoms with van der Waals surface area (Å²) in [5.41, 5.74) is 1.12. The predicted octanol–water partition coefficient (Wildman–Crippen LogP) is 7.19. The van der Waals surface area contributed by atoms with Gasteiger partial charge in [0.05, 0.1) is 22.2 Å². The minimum atomic E-state index is -1.14. The number of rotatable bonds is 22. The summed E-state index contributed by atoms with van der Waals surface area (Å²) < 4.78 is 13.2. The molecular weight excluding hydrogens is 736 g/mol. The van der Waals surface area contributed by atoms with Crippen LogP contribution in [-0.2, 0) is 15.0 Å². The second kappa shape index (κ2) is 20.1. The molecule has 0 fully saturated rings. The molecular formula is C35H44Br2N2O8. The fourth-order valence-electron chi connectivity index (χ4n) is 5.50. The molecule has 0 saturated heterocycles. The monoisotopic (exact) mass is 778 g/mol. The van der Waals surface area contributed by atoms with Crippen LogP contribution in [0.15, 0.2) is 80.9 Å². The molecule has 0 spiro atoms. The van der Waals surface area contributed by atoms with E-state index in [4.69, 9.17) is 9.47 Å². The summed E-state index contributed by atoms with van der Waals surface area (Å²) in [5, 5.41) is 37.9. The number of aliphatic hydroxyl groups excluding tert-OH is 2. The molecule has 0 aliphatic rings. The van der Waals surface area contributed by atoms with Gasteiger partial charge in [-0.3, -0.25) is 9.98 Å². The van der Waals surface area contributed by atoms with Crippen molar-refractivity contribution in [2.45, 2.75) is 57.8 Å². The van der Waals surface area contributed by atoms with Gasteiger partial charge in [0.15, 0.2) is 0 Å². The zero-order chi connectivity index (χ0) is 35.0. The second-order valence-electron chi connectivity index (χ2n) is 11.1. The maximum absolute atomic E-state index is 11.9. The fraction of sp³-hybridized carbons (Fsp3) is 0.429. The third kappa shape index (κ3) is 11.4. The first-order valence-electron chi connectivity index (χ1n) is 15.3. The smallest absolute Gasteiger partial charge is 0.350 e. The minimum Gasteiger partial charge on any atom is -0.492 e. The summed E-state index contributed by atoms with van der Waals surface area (Å²) in [4.78, 5) is 31.8. The number of aliphatic carboxylic acids is 2. The van der Waals surface area contributed by atoms with E-state index in [0.717, 1.165) is 20.1 Å². The van der Waals surface area contributed by atoms with Crippen LogP contribution in [0, 0.1) is 11.8 Å². The number of ether oxygens (including phenoxy) is 2. The van der Waals surface area contributed by atoms with Gasteiger partial charge in [-0.25, -0.2) is 9.59 Å². The van der Waals surface area contributed by atoms with Gasteiger partial charge in [-0.1, -0.05) is 39.1 Å². The molecule has 12 heteroatoms. The highest BCUT2D eigenvalue weighted by molar-refractivity contribution is 9.10. The van der Waals surface area contributed by atoms with Gasteiger partial charge in [0.1, 0.15) is 22.9 Å². The Morgan fingerprint density at radius 1 is 0.830 bits per heavy atom. The van der Waals surface area contributed by atoms with Crippen LogP contribution < -0.4 is 9.47 Å². The number of aliphatic hydroxyl groups is 2. The third-order valence-electron chi connectivity index (χ3n) is 8.29. The molecule has 0 saturated carbocycles. The van der Waals surface area contributed by atoms with Crippen molar-refractivity contribution in [1.82, 2.24) is 0 Å². The lowest BCUT2D eigenvalue weighted by atomic mass is 9.62. The molecule has 2 aromatic rings. The van der Waals surface area contributed by atoms with Crippen molar-refractivity contribution in [2.75, 3.05) is 26.4 Å². The van der Waals surface area contributed by atoms with Gasteiger partial charge in [-0.15, -0.1) is 0 Å². The number of hydrogen-bond acceptors (Lipinski definition) is 8. The van der Waals surface area contributed by atoms with Gasteiger partial charge >= 0.3 is 11.9 Å². The third-order valence-corrected chi connectivity index (χ3v) is 9.53. The maximum Gasteiger partial charge on any atom is 0.350 e. The number of carboxylic acid groups (broad SMARTS) is 2. The van der Waals surface area contributed by atoms with E-state index in [1.807, 2.05) is 36.4 Å². The number of hydrogen-bond donors (Lipinski definition) is 4. The highest BCUT2D eigenvalue weighted by Crippen LogP contribution is 2.47. The first-order valence-corrected chi connectivity index (χ1v) is 16.9. The zero-order valence-corrected chi connectivity index (χ0v) is 30.0. The van der Waals surface area contributed by atoms with Crippen LogP contribution in [-0.4, -0.2) is 70.2 Å². The Morgan fingerprint density at radius 3 is 1.55 bits per heavy atom. The summed E-state index contributed by atoms with van der Waals surface area (Å²) in [6, 6.07) is 11.7. The second-order valence-corrected chi connectivity index (χ2v) is 12.8. The molecule has 0 aromatic heterocycles. The molecule has 0 aliphatic heterocycles. The molecule has 1 unspecified atom stereocenters. The Hall–Kier alpha value is -3.32. The van der Waals surface area contributed by atoms with E-state index in [2.05, 4.69) is 68.9 Å². The van der Waals surface area contributed by atoms with Crippen molar-refractivity contribution in [1.29, 1.82) is 0 Å². The van der Waals surface area contributed by atoms with Crippen molar-refractivity contribution < 1.29 is 39.5 Å². The molecule has 1 atom stereocenters. The summed E-state index contributed by atoms with van der Waals surface area (Å²) in [6.45, 7) is 12.0. The average Bonchev–Trinajstić information content (AvgIpc) is 3.04. The van der Waals surface area contributed by atoms with Gasteiger partial charge in [0, 0.05) is 43.9 Å². The van der Waals surface area contributed by atoms with Gasteiger partial charge < -0.3 is 29.9 Å². The normalized spacial score (nSPS) is 13.5. The molecule has 0 aliphatic carbocycles. The highest BCUT2D eigenvalue weighted by atomic mass is 79.9. The maximum atomic E-state index is 11.9. The van der Waals surface area contributed by atoms with Crippen molar-refractivity contribution in [2.24, 2.45) is 21.8 Å². The molecule has 4 N–H and O–H groups in total. The Bertz CT molecular complexity index is 1340. The lowest BCUT2D eigenvalue weighted by Crippen LogP contribution is -2.37. The van der Waals surface area contributed by atoms with E-state index in [0.29, 0.717) is 50.4 Å². The molecule has 0 radical (unpaired) electrons. The van der Waals surface area contributed by atoms with Crippen molar-refractivity contribution in [3.8, 4) is 11.5 Å². The Balaban J connectivity index is 2.71. The van der Waals surface area contributed by atoms with E-state index in [1.54, 1.807) is 0 Å². The zero-order valence-electron chi connectivity index (χ0n) is 26.8. The molecule has 0 bridgehead atoms. The predicted molar refractivity (Wildman–Crippen MR) is 191 cm³/mol. The van der Waals surface area contributed by atoms with Crippen molar-refractivity contribution in [3.05, 3.63) is 82.0 Å². The van der Waals surface area contributed by atoms with E-state index in [9.17, 15) is 30.0 Å². The average molecular weight is 781 g/mol. The van der Waals surface area contributed by atoms with Gasteiger partial charge in [-0.2, -0.15) is 0 Å². The van der Waals surface area contributed by atoms with Crippen LogP contribution in [0.4, 0.5) is 0 Å². The van der Waals surface area contributed by atoms with Crippen molar-refractivity contribution in [3.63, 3.8) is 0 Å². The quantitative estimate of drug-likeness (QED) is 0.0723. The highest BCUT2D eigenvalue weighted by Gasteiger charge is 2.40. The standard InChI is InChI=1S/C35H44Br2N2O8/c1-5-38-29(33(42)43)13-9-24(10-14-30(34(44)45)39-6-2)23(3)35(4,25-11-15-31(27(36)21-25)46-19-7-17-40)26-12-16-32(28(37)22-26)47-20-8-18-41/h5-6,11-12,15-16,21-24,40-41H,1-2,7-10,13-14,17-20H2,3-4H3,(H,42,43)(H,44,45). The molecule has 47 heavy (non-hydrogen) atoms. The van der Waals surface area contributed by atoms with Crippen LogP contribution in [0.3, 0.4) is 0 Å². The number of carboxylic acids is 2. The molecule has 2 aromatic carbocycles. The minimum absolute atomic E-state index is 0.0173. The van der Waals surface area contributed by atoms with E-state index < -0.39 is 17.4 Å². The molecule has 256 valence electrons. The Labute approximate surface area is 293 Å².